The molecule has 0 unspecified atom stereocenters. The summed E-state index contributed by atoms with van der Waals surface area (Å²) in [5.41, 5.74) is 2.73. The van der Waals surface area contributed by atoms with Gasteiger partial charge in [0.2, 0.25) is 0 Å². The van der Waals surface area contributed by atoms with E-state index in [1.165, 1.54) is 4.88 Å². The minimum Gasteiger partial charge on any atom is -0.465 e. The maximum atomic E-state index is 13.4. The molecule has 2 aliphatic rings. The molecule has 0 saturated carbocycles. The van der Waals surface area contributed by atoms with Crippen molar-refractivity contribution in [2.75, 3.05) is 18.1 Å². The van der Waals surface area contributed by atoms with Crippen LogP contribution in [0.3, 0.4) is 0 Å². The lowest BCUT2D eigenvalue weighted by molar-refractivity contribution is -0.138. The van der Waals surface area contributed by atoms with Crippen LogP contribution < -0.4 is 5.32 Å². The molecule has 1 aliphatic heterocycles. The van der Waals surface area contributed by atoms with Crippen molar-refractivity contribution < 1.29 is 18.7 Å². The van der Waals surface area contributed by atoms with Gasteiger partial charge in [0.1, 0.15) is 18.1 Å². The summed E-state index contributed by atoms with van der Waals surface area (Å²) in [4.78, 5) is 27.7. The predicted molar refractivity (Wildman–Crippen MR) is 124 cm³/mol. The van der Waals surface area contributed by atoms with Crippen molar-refractivity contribution >= 4 is 34.9 Å². The number of carbonyl (C=O) groups excluding carboxylic acids is 2. The number of nitrogens with one attached hydrogen (secondary N) is 1. The summed E-state index contributed by atoms with van der Waals surface area (Å²) in [6.45, 7) is 6.17. The molecule has 0 aromatic carbocycles. The molecule has 31 heavy (non-hydrogen) atoms. The van der Waals surface area contributed by atoms with E-state index in [1.54, 1.807) is 23.1 Å². The second kappa shape index (κ2) is 9.49. The molecule has 2 aromatic rings. The second-order valence-electron chi connectivity index (χ2n) is 7.81. The molecule has 0 radical (unpaired) electrons. The Morgan fingerprint density at radius 3 is 2.81 bits per heavy atom. The molecule has 0 bridgehead atoms. The number of rotatable bonds is 7. The Hall–Kier alpha value is -2.25. The molecule has 0 amide bonds. The Morgan fingerprint density at radius 1 is 1.29 bits per heavy atom. The van der Waals surface area contributed by atoms with Crippen LogP contribution in [0.25, 0.3) is 0 Å². The highest BCUT2D eigenvalue weighted by atomic mass is 32.2. The summed E-state index contributed by atoms with van der Waals surface area (Å²) in [6.07, 6.45) is 1.18. The second-order valence-corrected chi connectivity index (χ2v) is 10.2. The number of aryl methyl sites for hydroxylation is 1. The van der Waals surface area contributed by atoms with Gasteiger partial charge in [-0.05, 0) is 49.6 Å². The van der Waals surface area contributed by atoms with Crippen LogP contribution in [0.15, 0.2) is 56.6 Å². The Kier molecular flexibility index (Phi) is 6.72. The van der Waals surface area contributed by atoms with Crippen LogP contribution in [0, 0.1) is 6.92 Å². The number of allylic oxidation sites excluding steroid dienone is 3. The van der Waals surface area contributed by atoms with Crippen LogP contribution in [-0.2, 0) is 14.3 Å². The molecule has 0 saturated heterocycles. The first-order chi connectivity index (χ1) is 15.0. The van der Waals surface area contributed by atoms with Gasteiger partial charge in [-0.3, -0.25) is 4.79 Å². The smallest absolute Gasteiger partial charge is 0.336 e. The number of dihydropyridines is 1. The summed E-state index contributed by atoms with van der Waals surface area (Å²) in [7, 11) is 0. The van der Waals surface area contributed by atoms with Gasteiger partial charge in [-0.15, -0.1) is 11.3 Å². The quantitative estimate of drug-likeness (QED) is 0.449. The van der Waals surface area contributed by atoms with Gasteiger partial charge in [0, 0.05) is 39.9 Å². The molecule has 3 heterocycles. The molecule has 1 N–H and O–H groups in total. The van der Waals surface area contributed by atoms with Crippen LogP contribution in [-0.4, -0.2) is 29.9 Å². The van der Waals surface area contributed by atoms with E-state index in [4.69, 9.17) is 9.15 Å². The van der Waals surface area contributed by atoms with Gasteiger partial charge in [0.05, 0.1) is 11.5 Å². The number of esters is 1. The normalized spacial score (nSPS) is 21.2. The van der Waals surface area contributed by atoms with Crippen molar-refractivity contribution in [2.24, 2.45) is 0 Å². The number of thiophene rings is 1. The Labute approximate surface area is 190 Å². The number of carbonyl (C=O) groups is 2. The summed E-state index contributed by atoms with van der Waals surface area (Å²) in [6, 6.07) is 7.84. The number of furan rings is 1. The van der Waals surface area contributed by atoms with Crippen molar-refractivity contribution in [2.45, 2.75) is 45.4 Å². The molecule has 0 spiro atoms. The molecule has 2 aromatic heterocycles. The zero-order valence-electron chi connectivity index (χ0n) is 18.0. The third-order valence-electron chi connectivity index (χ3n) is 5.70. The van der Waals surface area contributed by atoms with Crippen molar-refractivity contribution in [1.82, 2.24) is 5.32 Å². The molecule has 5 nitrogen and oxygen atoms in total. The lowest BCUT2D eigenvalue weighted by Gasteiger charge is -2.35. The molecule has 4 rings (SSSR count). The number of thioether (sulfide) groups is 1. The van der Waals surface area contributed by atoms with E-state index in [9.17, 15) is 9.59 Å². The van der Waals surface area contributed by atoms with Gasteiger partial charge < -0.3 is 14.5 Å². The summed E-state index contributed by atoms with van der Waals surface area (Å²) in [5, 5.41) is 5.42. The van der Waals surface area contributed by atoms with E-state index in [0.29, 0.717) is 29.9 Å². The van der Waals surface area contributed by atoms with Gasteiger partial charge in [-0.2, -0.15) is 11.8 Å². The van der Waals surface area contributed by atoms with Crippen molar-refractivity contribution in [3.63, 3.8) is 0 Å². The molecule has 164 valence electrons. The van der Waals surface area contributed by atoms with Crippen LogP contribution in [0.2, 0.25) is 0 Å². The Bertz CT molecular complexity index is 1030. The molecular formula is C24H27NO4S2. The lowest BCUT2D eigenvalue weighted by atomic mass is 9.74. The van der Waals surface area contributed by atoms with Crippen molar-refractivity contribution in [3.05, 3.63) is 68.6 Å². The van der Waals surface area contributed by atoms with Crippen LogP contribution in [0.5, 0.6) is 0 Å². The number of ketones is 1. The highest BCUT2D eigenvalue weighted by Crippen LogP contribution is 2.46. The SMILES string of the molecule is CCSCCOC(=O)C1=C(C)NC2=C(C(=O)C[C@@H](c3cccs3)C2)[C@@H]1c1ccc(C)o1. The third kappa shape index (κ3) is 4.53. The van der Waals surface area contributed by atoms with Gasteiger partial charge in [0.25, 0.3) is 0 Å². The average molecular weight is 458 g/mol. The van der Waals surface area contributed by atoms with Gasteiger partial charge in [-0.25, -0.2) is 4.79 Å². The fourth-order valence-corrected chi connectivity index (χ4v) is 5.66. The monoisotopic (exact) mass is 457 g/mol. The maximum absolute atomic E-state index is 13.4. The van der Waals surface area contributed by atoms with Gasteiger partial charge in [0.15, 0.2) is 5.78 Å². The number of hydrogen-bond donors (Lipinski definition) is 1. The van der Waals surface area contributed by atoms with Crippen molar-refractivity contribution in [1.29, 1.82) is 0 Å². The maximum Gasteiger partial charge on any atom is 0.336 e. The molecule has 7 heteroatoms. The van der Waals surface area contributed by atoms with E-state index in [2.05, 4.69) is 18.3 Å². The van der Waals surface area contributed by atoms with Crippen molar-refractivity contribution in [3.8, 4) is 0 Å². The zero-order valence-corrected chi connectivity index (χ0v) is 19.7. The predicted octanol–water partition coefficient (Wildman–Crippen LogP) is 5.31. The average Bonchev–Trinajstić information content (AvgIpc) is 3.42. The highest BCUT2D eigenvalue weighted by Gasteiger charge is 2.42. The zero-order chi connectivity index (χ0) is 22.0. The lowest BCUT2D eigenvalue weighted by Crippen LogP contribution is -2.36. The van der Waals surface area contributed by atoms with E-state index >= 15 is 0 Å². The molecule has 0 fully saturated rings. The van der Waals surface area contributed by atoms with Gasteiger partial charge in [-0.1, -0.05) is 13.0 Å². The summed E-state index contributed by atoms with van der Waals surface area (Å²) >= 11 is 3.41. The third-order valence-corrected chi connectivity index (χ3v) is 7.60. The van der Waals surface area contributed by atoms with E-state index < -0.39 is 5.92 Å². The fraction of sp³-hybridized carbons (Fsp3) is 0.417. The van der Waals surface area contributed by atoms with E-state index in [1.807, 2.05) is 37.4 Å². The van der Waals surface area contributed by atoms with Crippen LogP contribution in [0.1, 0.15) is 54.9 Å². The minimum atomic E-state index is -0.534. The standard InChI is InChI=1S/C24H27NO4S2/c1-4-30-11-9-28-24(27)21-15(3)25-17-12-16(20-6-5-10-31-20)13-18(26)22(17)23(21)19-8-7-14(2)29-19/h5-8,10,16,23,25H,4,9,11-13H2,1-3H3/t16-,23+/m0/s1. The largest absolute Gasteiger partial charge is 0.465 e. The summed E-state index contributed by atoms with van der Waals surface area (Å²) < 4.78 is 11.5. The highest BCUT2D eigenvalue weighted by molar-refractivity contribution is 7.99. The van der Waals surface area contributed by atoms with E-state index in [0.717, 1.165) is 35.1 Å². The first-order valence-corrected chi connectivity index (χ1v) is 12.6. The summed E-state index contributed by atoms with van der Waals surface area (Å²) in [5.74, 6) is 2.39. The first kappa shape index (κ1) is 22.0. The molecule has 1 aliphatic carbocycles. The van der Waals surface area contributed by atoms with E-state index in [-0.39, 0.29) is 17.7 Å². The minimum absolute atomic E-state index is 0.0607. The van der Waals surface area contributed by atoms with Gasteiger partial charge >= 0.3 is 5.97 Å². The van der Waals surface area contributed by atoms with Crippen LogP contribution in [0.4, 0.5) is 0 Å². The number of ether oxygens (including phenoxy) is 1. The Balaban J connectivity index is 1.69. The molecular weight excluding hydrogens is 430 g/mol. The molecule has 2 atom stereocenters. The first-order valence-electron chi connectivity index (χ1n) is 10.6. The topological polar surface area (TPSA) is 68.5 Å². The number of Topliss-reactive ketones (excluding diaryl/α,β-unsaturated/α-hetero) is 1. The Morgan fingerprint density at radius 2 is 2.13 bits per heavy atom. The van der Waals surface area contributed by atoms with Crippen LogP contribution >= 0.6 is 23.1 Å². The number of hydrogen-bond acceptors (Lipinski definition) is 7. The fourth-order valence-electron chi connectivity index (χ4n) is 4.34.